The Labute approximate surface area is 167 Å². The van der Waals surface area contributed by atoms with Crippen LogP contribution in [0.1, 0.15) is 23.0 Å². The lowest BCUT2D eigenvalue weighted by atomic mass is 10.1. The van der Waals surface area contributed by atoms with Crippen LogP contribution in [0.25, 0.3) is 16.9 Å². The van der Waals surface area contributed by atoms with Crippen molar-refractivity contribution < 1.29 is 31.5 Å². The molecular formula is C20H16F5N3O2. The van der Waals surface area contributed by atoms with E-state index in [1.165, 1.54) is 41.1 Å². The van der Waals surface area contributed by atoms with E-state index >= 15 is 0 Å². The molecule has 10 heteroatoms. The zero-order chi connectivity index (χ0) is 22.1. The van der Waals surface area contributed by atoms with Gasteiger partial charge in [-0.25, -0.2) is 13.5 Å². The van der Waals surface area contributed by atoms with Gasteiger partial charge in [-0.1, -0.05) is 0 Å². The van der Waals surface area contributed by atoms with Gasteiger partial charge in [0.15, 0.2) is 11.8 Å². The molecule has 0 fully saturated rings. The highest BCUT2D eigenvalue weighted by Crippen LogP contribution is 2.28. The molecule has 1 amide bonds. The van der Waals surface area contributed by atoms with Crippen molar-refractivity contribution in [3.63, 3.8) is 0 Å². The Morgan fingerprint density at radius 3 is 2.37 bits per heavy atom. The number of primary amides is 1. The topological polar surface area (TPSA) is 70.1 Å². The molecule has 0 bridgehead atoms. The number of ether oxygens (including phenoxy) is 1. The van der Waals surface area contributed by atoms with Crippen LogP contribution in [0.4, 0.5) is 22.0 Å². The van der Waals surface area contributed by atoms with E-state index in [2.05, 4.69) is 5.10 Å². The minimum absolute atomic E-state index is 0.123. The summed E-state index contributed by atoms with van der Waals surface area (Å²) in [6.45, 7) is 0.363. The van der Waals surface area contributed by atoms with Crippen LogP contribution < -0.4 is 5.73 Å². The van der Waals surface area contributed by atoms with E-state index in [4.69, 9.17) is 10.5 Å². The predicted molar refractivity (Wildman–Crippen MR) is 97.7 cm³/mol. The summed E-state index contributed by atoms with van der Waals surface area (Å²) >= 11 is 0. The molecule has 0 aliphatic heterocycles. The molecule has 0 unspecified atom stereocenters. The Kier molecular flexibility index (Phi) is 5.88. The van der Waals surface area contributed by atoms with Crippen molar-refractivity contribution in [3.05, 3.63) is 71.4 Å². The van der Waals surface area contributed by atoms with Gasteiger partial charge in [0.1, 0.15) is 11.6 Å². The highest BCUT2D eigenvalue weighted by atomic mass is 19.4. The van der Waals surface area contributed by atoms with E-state index in [1.54, 1.807) is 0 Å². The monoisotopic (exact) mass is 425 g/mol. The number of hydrogen-bond acceptors (Lipinski definition) is 3. The van der Waals surface area contributed by atoms with E-state index in [9.17, 15) is 26.7 Å². The van der Waals surface area contributed by atoms with Crippen molar-refractivity contribution >= 4 is 5.91 Å². The number of carbonyl (C=O) groups is 1. The third kappa shape index (κ3) is 4.82. The van der Waals surface area contributed by atoms with Crippen LogP contribution in [-0.4, -0.2) is 28.0 Å². The van der Waals surface area contributed by atoms with E-state index in [1.807, 2.05) is 0 Å². The van der Waals surface area contributed by atoms with E-state index in [0.29, 0.717) is 5.69 Å². The first-order chi connectivity index (χ1) is 14.0. The van der Waals surface area contributed by atoms with Gasteiger partial charge in [-0.05, 0) is 61.0 Å². The Morgan fingerprint density at radius 1 is 1.10 bits per heavy atom. The molecule has 1 heterocycles. The molecule has 2 N–H and O–H groups in total. The van der Waals surface area contributed by atoms with Gasteiger partial charge in [-0.3, -0.25) is 4.79 Å². The van der Waals surface area contributed by atoms with Gasteiger partial charge in [0, 0.05) is 5.56 Å². The van der Waals surface area contributed by atoms with Gasteiger partial charge >= 0.3 is 6.18 Å². The summed E-state index contributed by atoms with van der Waals surface area (Å²) in [5.74, 6) is -2.05. The number of aromatic nitrogens is 2. The van der Waals surface area contributed by atoms with Gasteiger partial charge in [0.25, 0.3) is 5.91 Å². The number of nitrogens with zero attached hydrogens (tertiary/aromatic N) is 2. The average Bonchev–Trinajstić information content (AvgIpc) is 3.11. The van der Waals surface area contributed by atoms with E-state index < -0.39 is 36.4 Å². The molecule has 1 atom stereocenters. The van der Waals surface area contributed by atoms with Crippen LogP contribution >= 0.6 is 0 Å². The maximum atomic E-state index is 14.2. The van der Waals surface area contributed by atoms with Gasteiger partial charge in [-0.2, -0.15) is 18.3 Å². The van der Waals surface area contributed by atoms with Crippen molar-refractivity contribution in [3.8, 4) is 16.9 Å². The fourth-order valence-corrected chi connectivity index (χ4v) is 2.68. The van der Waals surface area contributed by atoms with E-state index in [-0.39, 0.29) is 22.5 Å². The number of carbonyl (C=O) groups excluding carboxylic acids is 1. The van der Waals surface area contributed by atoms with Crippen molar-refractivity contribution in [1.82, 2.24) is 9.78 Å². The lowest BCUT2D eigenvalue weighted by molar-refractivity contribution is -0.217. The van der Waals surface area contributed by atoms with Gasteiger partial charge < -0.3 is 10.5 Å². The lowest BCUT2D eigenvalue weighted by Gasteiger charge is -2.16. The Balaban J connectivity index is 2.01. The zero-order valence-electron chi connectivity index (χ0n) is 15.6. The van der Waals surface area contributed by atoms with Crippen molar-refractivity contribution in [2.75, 3.05) is 0 Å². The number of benzene rings is 2. The molecule has 0 aliphatic rings. The fourth-order valence-electron chi connectivity index (χ4n) is 2.68. The molecule has 0 radical (unpaired) electrons. The first-order valence-corrected chi connectivity index (χ1v) is 8.68. The molecule has 3 rings (SSSR count). The summed E-state index contributed by atoms with van der Waals surface area (Å²) in [4.78, 5) is 11.6. The largest absolute Gasteiger partial charge is 0.414 e. The number of alkyl halides is 3. The van der Waals surface area contributed by atoms with Gasteiger partial charge in [0.2, 0.25) is 0 Å². The number of hydrogen-bond donors (Lipinski definition) is 1. The van der Waals surface area contributed by atoms with Gasteiger partial charge in [0.05, 0.1) is 18.0 Å². The molecule has 0 spiro atoms. The summed E-state index contributed by atoms with van der Waals surface area (Å²) in [6, 6.07) is 10.0. The third-order valence-electron chi connectivity index (χ3n) is 4.25. The van der Waals surface area contributed by atoms with Crippen LogP contribution in [0.2, 0.25) is 0 Å². The third-order valence-corrected chi connectivity index (χ3v) is 4.25. The minimum Gasteiger partial charge on any atom is -0.364 e. The predicted octanol–water partition coefficient (Wildman–Crippen LogP) is 4.38. The summed E-state index contributed by atoms with van der Waals surface area (Å²) in [5, 5.41) is 4.07. The lowest BCUT2D eigenvalue weighted by Crippen LogP contribution is -2.28. The second kappa shape index (κ2) is 8.23. The summed E-state index contributed by atoms with van der Waals surface area (Å²) in [5.41, 5.74) is 6.13. The molecule has 30 heavy (non-hydrogen) atoms. The van der Waals surface area contributed by atoms with E-state index in [0.717, 1.165) is 19.1 Å². The second-order valence-electron chi connectivity index (χ2n) is 6.51. The van der Waals surface area contributed by atoms with Crippen LogP contribution in [0, 0.1) is 11.6 Å². The normalized spacial score (nSPS) is 12.7. The standard InChI is InChI=1S/C20H16F5N3O2/c1-11(20(23,24)25)30-10-12-6-13(8-15(22)7-12)18-9-17(19(26)29)27-28(18)16-4-2-14(21)3-5-16/h2-9,11H,10H2,1H3,(H2,26,29)/t11-/m1/s1. The van der Waals surface area contributed by atoms with Gasteiger partial charge in [-0.15, -0.1) is 0 Å². The molecule has 0 aliphatic carbocycles. The molecule has 0 saturated carbocycles. The fraction of sp³-hybridized carbons (Fsp3) is 0.200. The highest BCUT2D eigenvalue weighted by Gasteiger charge is 2.36. The minimum atomic E-state index is -4.55. The quantitative estimate of drug-likeness (QED) is 0.596. The average molecular weight is 425 g/mol. The highest BCUT2D eigenvalue weighted by molar-refractivity contribution is 5.92. The van der Waals surface area contributed by atoms with Crippen LogP contribution in [0.5, 0.6) is 0 Å². The first kappa shape index (κ1) is 21.4. The van der Waals surface area contributed by atoms with Crippen LogP contribution in [0.3, 0.4) is 0 Å². The molecule has 5 nitrogen and oxygen atoms in total. The number of rotatable bonds is 6. The molecule has 1 aromatic heterocycles. The second-order valence-corrected chi connectivity index (χ2v) is 6.51. The smallest absolute Gasteiger partial charge is 0.364 e. The Hall–Kier alpha value is -3.27. The number of halogens is 5. The first-order valence-electron chi connectivity index (χ1n) is 8.68. The van der Waals surface area contributed by atoms with Crippen LogP contribution in [0.15, 0.2) is 48.5 Å². The molecule has 158 valence electrons. The molecule has 3 aromatic rings. The Morgan fingerprint density at radius 2 is 1.77 bits per heavy atom. The zero-order valence-corrected chi connectivity index (χ0v) is 15.6. The number of nitrogens with two attached hydrogens (primary N) is 1. The maximum absolute atomic E-state index is 14.2. The van der Waals surface area contributed by atoms with Crippen LogP contribution in [-0.2, 0) is 11.3 Å². The summed E-state index contributed by atoms with van der Waals surface area (Å²) in [6.07, 6.45) is -6.58. The molecule has 0 saturated heterocycles. The Bertz CT molecular complexity index is 1060. The molecule has 2 aromatic carbocycles. The number of amides is 1. The van der Waals surface area contributed by atoms with Crippen molar-refractivity contribution in [2.24, 2.45) is 5.73 Å². The maximum Gasteiger partial charge on any atom is 0.414 e. The summed E-state index contributed by atoms with van der Waals surface area (Å²) < 4.78 is 71.4. The van der Waals surface area contributed by atoms with Crippen molar-refractivity contribution in [1.29, 1.82) is 0 Å². The SMILES string of the molecule is C[C@@H](OCc1cc(F)cc(-c2cc(C(N)=O)nn2-c2ccc(F)cc2)c1)C(F)(F)F. The summed E-state index contributed by atoms with van der Waals surface area (Å²) in [7, 11) is 0. The van der Waals surface area contributed by atoms with Crippen molar-refractivity contribution in [2.45, 2.75) is 25.8 Å². The molecular weight excluding hydrogens is 409 g/mol.